The van der Waals surface area contributed by atoms with Gasteiger partial charge in [-0.2, -0.15) is 4.39 Å². The summed E-state index contributed by atoms with van der Waals surface area (Å²) < 4.78 is 30.8. The van der Waals surface area contributed by atoms with Gasteiger partial charge in [0.05, 0.1) is 0 Å². The third-order valence-corrected chi connectivity index (χ3v) is 1.79. The summed E-state index contributed by atoms with van der Waals surface area (Å²) >= 11 is 0. The molecule has 0 saturated heterocycles. The van der Waals surface area contributed by atoms with Crippen LogP contribution in [0.5, 0.6) is 11.5 Å². The number of ether oxygens (including phenoxy) is 1. The van der Waals surface area contributed by atoms with Gasteiger partial charge in [0.1, 0.15) is 0 Å². The van der Waals surface area contributed by atoms with Gasteiger partial charge in [-0.1, -0.05) is 11.6 Å². The minimum atomic E-state index is -1.29. The molecule has 0 aromatic heterocycles. The monoisotopic (exact) mass is 228 g/mol. The zero-order valence-corrected chi connectivity index (χ0v) is 8.75. The quantitative estimate of drug-likeness (QED) is 0.809. The van der Waals surface area contributed by atoms with E-state index in [1.165, 1.54) is 6.08 Å². The van der Waals surface area contributed by atoms with Gasteiger partial charge in [-0.05, 0) is 19.9 Å². The van der Waals surface area contributed by atoms with Crippen LogP contribution in [0.4, 0.5) is 8.78 Å². The number of halogens is 2. The second-order valence-corrected chi connectivity index (χ2v) is 3.38. The first kappa shape index (κ1) is 12.2. The van der Waals surface area contributed by atoms with Crippen molar-refractivity contribution in [3.05, 3.63) is 28.8 Å². The Balaban J connectivity index is 3.46. The molecule has 1 N–H and O–H groups in total. The minimum Gasteiger partial charge on any atom is -0.503 e. The highest BCUT2D eigenvalue weighted by molar-refractivity contribution is 5.64. The third kappa shape index (κ3) is 2.36. The lowest BCUT2D eigenvalue weighted by Crippen LogP contribution is -1.97. The summed E-state index contributed by atoms with van der Waals surface area (Å²) in [6.45, 7) is 3.44. The second kappa shape index (κ2) is 4.74. The van der Waals surface area contributed by atoms with Crippen LogP contribution in [0.15, 0.2) is 11.6 Å². The van der Waals surface area contributed by atoms with Gasteiger partial charge in [-0.25, -0.2) is 4.39 Å². The van der Waals surface area contributed by atoms with E-state index < -0.39 is 23.1 Å². The Labute approximate surface area is 91.0 Å². The van der Waals surface area contributed by atoms with Crippen molar-refractivity contribution in [2.75, 3.05) is 0 Å². The summed E-state index contributed by atoms with van der Waals surface area (Å²) in [5.74, 6) is -4.05. The van der Waals surface area contributed by atoms with Crippen LogP contribution in [0.3, 0.4) is 0 Å². The Kier molecular flexibility index (Phi) is 3.60. The molecule has 0 unspecified atom stereocenters. The smallest absolute Gasteiger partial charge is 0.298 e. The fourth-order valence-corrected chi connectivity index (χ4v) is 1.20. The zero-order chi connectivity index (χ0) is 12.3. The summed E-state index contributed by atoms with van der Waals surface area (Å²) in [6, 6.07) is 0.893. The maximum atomic E-state index is 13.4. The lowest BCUT2D eigenvalue weighted by atomic mass is 10.1. The first-order chi connectivity index (χ1) is 7.47. The molecule has 1 rings (SSSR count). The molecule has 0 spiro atoms. The van der Waals surface area contributed by atoms with Crippen molar-refractivity contribution in [3.8, 4) is 11.5 Å². The standard InChI is InChI=1S/C11H10F2O3/c1-6(2)3-7-4-8(12)10(15)9(13)11(7)16-5-14/h3-5,15H,1-2H3. The van der Waals surface area contributed by atoms with E-state index >= 15 is 0 Å². The summed E-state index contributed by atoms with van der Waals surface area (Å²) in [5, 5.41) is 9.01. The fraction of sp³-hybridized carbons (Fsp3) is 0.182. The van der Waals surface area contributed by atoms with Crippen LogP contribution in [0.1, 0.15) is 19.4 Å². The highest BCUT2D eigenvalue weighted by Crippen LogP contribution is 2.33. The number of rotatable bonds is 3. The molecular formula is C11H10F2O3. The number of phenolic OH excluding ortho intramolecular Hbond substituents is 1. The van der Waals surface area contributed by atoms with Crippen LogP contribution in [0.25, 0.3) is 6.08 Å². The lowest BCUT2D eigenvalue weighted by Gasteiger charge is -2.07. The van der Waals surface area contributed by atoms with Gasteiger partial charge in [0.15, 0.2) is 17.3 Å². The Hall–Kier alpha value is -1.91. The van der Waals surface area contributed by atoms with E-state index in [2.05, 4.69) is 4.74 Å². The van der Waals surface area contributed by atoms with Crippen LogP contribution in [-0.2, 0) is 4.79 Å². The molecule has 0 aliphatic rings. The number of carbonyl (C=O) groups is 1. The van der Waals surface area contributed by atoms with Crippen LogP contribution in [0, 0.1) is 11.6 Å². The number of hydrogen-bond acceptors (Lipinski definition) is 3. The molecule has 0 bridgehead atoms. The van der Waals surface area contributed by atoms with Gasteiger partial charge >= 0.3 is 0 Å². The SMILES string of the molecule is CC(C)=Cc1cc(F)c(O)c(F)c1OC=O. The van der Waals surface area contributed by atoms with Crippen molar-refractivity contribution in [3.63, 3.8) is 0 Å². The first-order valence-electron chi connectivity index (χ1n) is 4.43. The Morgan fingerprint density at radius 2 is 2.06 bits per heavy atom. The number of benzene rings is 1. The maximum Gasteiger partial charge on any atom is 0.298 e. The van der Waals surface area contributed by atoms with Crippen molar-refractivity contribution < 1.29 is 23.4 Å². The molecule has 0 aliphatic carbocycles. The number of aromatic hydroxyl groups is 1. The van der Waals surface area contributed by atoms with E-state index in [0.29, 0.717) is 0 Å². The highest BCUT2D eigenvalue weighted by atomic mass is 19.1. The lowest BCUT2D eigenvalue weighted by molar-refractivity contribution is -0.120. The van der Waals surface area contributed by atoms with Gasteiger partial charge in [0.2, 0.25) is 5.82 Å². The normalized spacial score (nSPS) is 9.75. The minimum absolute atomic E-state index is 0.0120. The van der Waals surface area contributed by atoms with E-state index in [4.69, 9.17) is 5.11 Å². The summed E-state index contributed by atoms with van der Waals surface area (Å²) in [5.41, 5.74) is 0.820. The van der Waals surface area contributed by atoms with E-state index in [-0.39, 0.29) is 12.0 Å². The number of allylic oxidation sites excluding steroid dienone is 1. The predicted octanol–water partition coefficient (Wildman–Crippen LogP) is 2.63. The van der Waals surface area contributed by atoms with Crippen molar-refractivity contribution in [2.45, 2.75) is 13.8 Å². The molecule has 1 aromatic rings. The molecule has 0 radical (unpaired) electrons. The molecule has 0 fully saturated rings. The number of carbonyl (C=O) groups excluding carboxylic acids is 1. The predicted molar refractivity (Wildman–Crippen MR) is 54.0 cm³/mol. The highest BCUT2D eigenvalue weighted by Gasteiger charge is 2.18. The van der Waals surface area contributed by atoms with Gasteiger partial charge in [0, 0.05) is 5.56 Å². The van der Waals surface area contributed by atoms with Crippen molar-refractivity contribution in [1.29, 1.82) is 0 Å². The van der Waals surface area contributed by atoms with Crippen molar-refractivity contribution in [2.24, 2.45) is 0 Å². The van der Waals surface area contributed by atoms with Crippen molar-refractivity contribution >= 4 is 12.5 Å². The average Bonchev–Trinajstić information content (AvgIpc) is 2.20. The average molecular weight is 228 g/mol. The van der Waals surface area contributed by atoms with Crippen molar-refractivity contribution in [1.82, 2.24) is 0 Å². The molecule has 0 amide bonds. The van der Waals surface area contributed by atoms with E-state index in [9.17, 15) is 13.6 Å². The maximum absolute atomic E-state index is 13.4. The molecule has 5 heteroatoms. The van der Waals surface area contributed by atoms with Crippen LogP contribution in [-0.4, -0.2) is 11.6 Å². The molecular weight excluding hydrogens is 218 g/mol. The van der Waals surface area contributed by atoms with E-state index in [1.54, 1.807) is 13.8 Å². The van der Waals surface area contributed by atoms with Gasteiger partial charge in [0.25, 0.3) is 6.47 Å². The zero-order valence-electron chi connectivity index (χ0n) is 8.75. The molecule has 0 heterocycles. The molecule has 16 heavy (non-hydrogen) atoms. The summed E-state index contributed by atoms with van der Waals surface area (Å²) in [4.78, 5) is 10.2. The number of phenols is 1. The van der Waals surface area contributed by atoms with Gasteiger partial charge < -0.3 is 9.84 Å². The molecule has 0 saturated carbocycles. The van der Waals surface area contributed by atoms with Gasteiger partial charge in [-0.3, -0.25) is 4.79 Å². The Bertz CT molecular complexity index is 449. The van der Waals surface area contributed by atoms with E-state index in [0.717, 1.165) is 11.6 Å². The molecule has 0 atom stereocenters. The summed E-state index contributed by atoms with van der Waals surface area (Å²) in [6.07, 6.45) is 1.43. The van der Waals surface area contributed by atoms with Crippen LogP contribution < -0.4 is 4.74 Å². The first-order valence-corrected chi connectivity index (χ1v) is 4.43. The fourth-order valence-electron chi connectivity index (χ4n) is 1.20. The summed E-state index contributed by atoms with van der Waals surface area (Å²) in [7, 11) is 0. The Morgan fingerprint density at radius 3 is 2.56 bits per heavy atom. The Morgan fingerprint density at radius 1 is 1.44 bits per heavy atom. The largest absolute Gasteiger partial charge is 0.503 e. The van der Waals surface area contributed by atoms with Crippen LogP contribution in [0.2, 0.25) is 0 Å². The second-order valence-electron chi connectivity index (χ2n) is 3.38. The van der Waals surface area contributed by atoms with E-state index in [1.807, 2.05) is 0 Å². The molecule has 3 nitrogen and oxygen atoms in total. The topological polar surface area (TPSA) is 46.5 Å². The third-order valence-electron chi connectivity index (χ3n) is 1.79. The van der Waals surface area contributed by atoms with Gasteiger partial charge in [-0.15, -0.1) is 0 Å². The number of hydrogen-bond donors (Lipinski definition) is 1. The molecule has 1 aromatic carbocycles. The molecule has 86 valence electrons. The molecule has 0 aliphatic heterocycles. The van der Waals surface area contributed by atoms with Crippen LogP contribution >= 0.6 is 0 Å².